The van der Waals surface area contributed by atoms with Crippen molar-refractivity contribution in [2.45, 2.75) is 31.6 Å². The average Bonchev–Trinajstić information content (AvgIpc) is 2.59. The van der Waals surface area contributed by atoms with Crippen LogP contribution in [0.5, 0.6) is 0 Å². The number of hydrogen-bond acceptors (Lipinski definition) is 7. The predicted molar refractivity (Wildman–Crippen MR) is 113 cm³/mol. The van der Waals surface area contributed by atoms with Crippen LogP contribution in [-0.2, 0) is 20.2 Å². The van der Waals surface area contributed by atoms with Gasteiger partial charge in [-0.3, -0.25) is 18.7 Å². The van der Waals surface area contributed by atoms with E-state index in [1.807, 2.05) is 0 Å². The molecular weight excluding hydrogens is 436 g/mol. The molecule has 0 radical (unpaired) electrons. The van der Waals surface area contributed by atoms with Gasteiger partial charge in [0.15, 0.2) is 5.78 Å². The first-order valence-electron chi connectivity index (χ1n) is 7.57. The Morgan fingerprint density at radius 3 is 1.90 bits per heavy atom. The standard InChI is InChI=1S/C16H16N2O8S2.2CH4/c1-9(19)12-5-3-10(7-14(12)27(21,22)23)16(20)18-13-6-4-11(17-2)8-15(13)28(24,25)26;;/h3-8,17H,1-2H3,(H,18,20)(H,21,22,23)(H,24,25,26);2*1H4. The maximum atomic E-state index is 12.4. The van der Waals surface area contributed by atoms with Gasteiger partial charge in [-0.1, -0.05) is 14.9 Å². The van der Waals surface area contributed by atoms with Crippen molar-refractivity contribution in [1.82, 2.24) is 0 Å². The van der Waals surface area contributed by atoms with Gasteiger partial charge in [0.05, 0.1) is 5.69 Å². The molecule has 0 bridgehead atoms. The highest BCUT2D eigenvalue weighted by Crippen LogP contribution is 2.26. The number of rotatable bonds is 6. The number of carbonyl (C=O) groups excluding carboxylic acids is 2. The summed E-state index contributed by atoms with van der Waals surface area (Å²) in [5.41, 5.74) is -0.478. The molecule has 10 nitrogen and oxygen atoms in total. The normalized spacial score (nSPS) is 10.9. The molecule has 12 heteroatoms. The minimum absolute atomic E-state index is 0. The molecule has 2 rings (SSSR count). The molecule has 166 valence electrons. The van der Waals surface area contributed by atoms with E-state index in [0.717, 1.165) is 31.2 Å². The number of anilines is 2. The van der Waals surface area contributed by atoms with Crippen LogP contribution in [0.25, 0.3) is 0 Å². The highest BCUT2D eigenvalue weighted by Gasteiger charge is 2.22. The molecule has 0 aliphatic heterocycles. The quantitative estimate of drug-likeness (QED) is 0.374. The van der Waals surface area contributed by atoms with E-state index in [-0.39, 0.29) is 31.7 Å². The Morgan fingerprint density at radius 2 is 1.43 bits per heavy atom. The molecule has 0 atom stereocenters. The Hall–Kier alpha value is -2.80. The van der Waals surface area contributed by atoms with Crippen LogP contribution in [0.4, 0.5) is 11.4 Å². The number of Topliss-reactive ketones (excluding diaryl/α,β-unsaturated/α-hetero) is 1. The van der Waals surface area contributed by atoms with Gasteiger partial charge < -0.3 is 10.6 Å². The lowest BCUT2D eigenvalue weighted by Crippen LogP contribution is -2.16. The molecule has 0 aromatic heterocycles. The molecule has 30 heavy (non-hydrogen) atoms. The summed E-state index contributed by atoms with van der Waals surface area (Å²) >= 11 is 0. The summed E-state index contributed by atoms with van der Waals surface area (Å²) in [6.07, 6.45) is 0. The van der Waals surface area contributed by atoms with Gasteiger partial charge in [0.2, 0.25) is 0 Å². The maximum Gasteiger partial charge on any atom is 0.296 e. The molecule has 0 saturated heterocycles. The molecule has 0 aliphatic carbocycles. The Morgan fingerprint density at radius 1 is 0.867 bits per heavy atom. The lowest BCUT2D eigenvalue weighted by Gasteiger charge is -2.12. The fourth-order valence-electron chi connectivity index (χ4n) is 2.36. The molecule has 0 fully saturated rings. The number of carbonyl (C=O) groups is 2. The number of hydrogen-bond donors (Lipinski definition) is 4. The zero-order valence-electron chi connectivity index (χ0n) is 14.6. The first-order valence-corrected chi connectivity index (χ1v) is 10.5. The van der Waals surface area contributed by atoms with Gasteiger partial charge >= 0.3 is 0 Å². The summed E-state index contributed by atoms with van der Waals surface area (Å²) in [7, 11) is -7.95. The first-order chi connectivity index (χ1) is 12.8. The topological polar surface area (TPSA) is 167 Å². The Balaban J connectivity index is 0.00000420. The van der Waals surface area contributed by atoms with Crippen LogP contribution in [0.15, 0.2) is 46.2 Å². The summed E-state index contributed by atoms with van der Waals surface area (Å²) in [4.78, 5) is 22.6. The zero-order chi connectivity index (χ0) is 21.3. The third kappa shape index (κ3) is 6.10. The van der Waals surface area contributed by atoms with Crippen LogP contribution < -0.4 is 10.6 Å². The fraction of sp³-hybridized carbons (Fsp3) is 0.222. The van der Waals surface area contributed by atoms with Crippen LogP contribution in [0.1, 0.15) is 42.5 Å². The van der Waals surface area contributed by atoms with Crippen molar-refractivity contribution in [3.8, 4) is 0 Å². The third-order valence-corrected chi connectivity index (χ3v) is 5.48. The van der Waals surface area contributed by atoms with Gasteiger partial charge in [-0.2, -0.15) is 16.8 Å². The van der Waals surface area contributed by atoms with E-state index in [1.54, 1.807) is 0 Å². The number of benzene rings is 2. The molecule has 1 amide bonds. The van der Waals surface area contributed by atoms with Crippen LogP contribution in [0, 0.1) is 0 Å². The fourth-order valence-corrected chi connectivity index (χ4v) is 3.80. The summed E-state index contributed by atoms with van der Waals surface area (Å²) in [5.74, 6) is -1.57. The average molecular weight is 461 g/mol. The largest absolute Gasteiger partial charge is 0.388 e. The van der Waals surface area contributed by atoms with Crippen LogP contribution in [0.3, 0.4) is 0 Å². The van der Waals surface area contributed by atoms with Crippen molar-refractivity contribution in [1.29, 1.82) is 0 Å². The maximum absolute atomic E-state index is 12.4. The summed E-state index contributed by atoms with van der Waals surface area (Å²) in [5, 5.41) is 4.92. The minimum Gasteiger partial charge on any atom is -0.388 e. The van der Waals surface area contributed by atoms with E-state index in [9.17, 15) is 35.5 Å². The third-order valence-electron chi connectivity index (χ3n) is 3.70. The van der Waals surface area contributed by atoms with Crippen LogP contribution >= 0.6 is 0 Å². The Kier molecular flexibility index (Phi) is 8.89. The van der Waals surface area contributed by atoms with Gasteiger partial charge in [-0.25, -0.2) is 0 Å². The minimum atomic E-state index is -4.79. The summed E-state index contributed by atoms with van der Waals surface area (Å²) in [6.45, 7) is 1.09. The van der Waals surface area contributed by atoms with E-state index in [1.165, 1.54) is 19.2 Å². The molecular formula is C18H24N2O8S2. The number of ketones is 1. The second kappa shape index (κ2) is 9.80. The SMILES string of the molecule is C.C.CNc1ccc(NC(=O)c2ccc(C(C)=O)c(S(=O)(=O)O)c2)c(S(=O)(=O)O)c1. The van der Waals surface area contributed by atoms with Gasteiger partial charge in [0.25, 0.3) is 26.1 Å². The van der Waals surface area contributed by atoms with Gasteiger partial charge in [-0.15, -0.1) is 0 Å². The van der Waals surface area contributed by atoms with E-state index < -0.39 is 41.7 Å². The summed E-state index contributed by atoms with van der Waals surface area (Å²) in [6, 6.07) is 6.72. The van der Waals surface area contributed by atoms with E-state index in [0.29, 0.717) is 5.69 Å². The first kappa shape index (κ1) is 27.2. The second-order valence-corrected chi connectivity index (χ2v) is 8.41. The monoisotopic (exact) mass is 460 g/mol. The smallest absolute Gasteiger partial charge is 0.296 e. The zero-order valence-corrected chi connectivity index (χ0v) is 16.3. The summed E-state index contributed by atoms with van der Waals surface area (Å²) < 4.78 is 64.8. The molecule has 2 aromatic rings. The molecule has 2 aromatic carbocycles. The van der Waals surface area contributed by atoms with Gasteiger partial charge in [0.1, 0.15) is 9.79 Å². The van der Waals surface area contributed by atoms with Crippen molar-refractivity contribution in [3.63, 3.8) is 0 Å². The Labute approximate surface area is 175 Å². The van der Waals surface area contributed by atoms with Crippen LogP contribution in [-0.4, -0.2) is 44.7 Å². The van der Waals surface area contributed by atoms with Crippen molar-refractivity contribution in [2.24, 2.45) is 0 Å². The highest BCUT2D eigenvalue weighted by atomic mass is 32.2. The lowest BCUT2D eigenvalue weighted by molar-refractivity contribution is 0.100. The molecule has 0 aliphatic rings. The highest BCUT2D eigenvalue weighted by molar-refractivity contribution is 7.86. The van der Waals surface area contributed by atoms with E-state index in [2.05, 4.69) is 10.6 Å². The van der Waals surface area contributed by atoms with Crippen molar-refractivity contribution in [2.75, 3.05) is 17.7 Å². The van der Waals surface area contributed by atoms with Crippen molar-refractivity contribution < 1.29 is 35.5 Å². The molecule has 0 saturated carbocycles. The number of amides is 1. The van der Waals surface area contributed by atoms with E-state index in [4.69, 9.17) is 0 Å². The van der Waals surface area contributed by atoms with Gasteiger partial charge in [-0.05, 0) is 43.3 Å². The molecule has 0 unspecified atom stereocenters. The molecule has 0 heterocycles. The lowest BCUT2D eigenvalue weighted by atomic mass is 10.1. The Bertz CT molecular complexity index is 1170. The predicted octanol–water partition coefficient (Wildman–Crippen LogP) is 2.95. The van der Waals surface area contributed by atoms with Crippen molar-refractivity contribution in [3.05, 3.63) is 47.5 Å². The molecule has 0 spiro atoms. The van der Waals surface area contributed by atoms with E-state index >= 15 is 0 Å². The van der Waals surface area contributed by atoms with Crippen molar-refractivity contribution >= 4 is 43.3 Å². The number of nitrogens with one attached hydrogen (secondary N) is 2. The van der Waals surface area contributed by atoms with Crippen LogP contribution in [0.2, 0.25) is 0 Å². The molecule has 4 N–H and O–H groups in total. The second-order valence-electron chi connectivity index (χ2n) is 5.63. The van der Waals surface area contributed by atoms with Gasteiger partial charge in [0, 0.05) is 23.9 Å².